The van der Waals surface area contributed by atoms with E-state index in [-0.39, 0.29) is 37.3 Å². The Kier molecular flexibility index (Phi) is 8.46. The number of hydrogen-bond acceptors (Lipinski definition) is 8. The molecule has 2 aromatic rings. The van der Waals surface area contributed by atoms with Gasteiger partial charge in [0.25, 0.3) is 0 Å². The lowest BCUT2D eigenvalue weighted by atomic mass is 10.0. The van der Waals surface area contributed by atoms with Gasteiger partial charge >= 0.3 is 17.7 Å². The van der Waals surface area contributed by atoms with Crippen molar-refractivity contribution in [3.05, 3.63) is 59.4 Å². The minimum absolute atomic E-state index is 0.00320. The summed E-state index contributed by atoms with van der Waals surface area (Å²) < 4.78 is 34.7. The number of rotatable bonds is 11. The number of nitrogens with one attached hydrogen (secondary N) is 1. The molecule has 2 atom stereocenters. The maximum absolute atomic E-state index is 13.4. The predicted molar refractivity (Wildman–Crippen MR) is 121 cm³/mol. The highest BCUT2D eigenvalue weighted by Gasteiger charge is 2.59. The molecule has 2 aromatic carbocycles. The van der Waals surface area contributed by atoms with Gasteiger partial charge in [-0.2, -0.15) is 0 Å². The lowest BCUT2D eigenvalue weighted by Crippen LogP contribution is -2.55. The van der Waals surface area contributed by atoms with E-state index in [1.807, 2.05) is 13.0 Å². The Hall–Kier alpha value is -3.17. The molecule has 1 aliphatic rings. The molecule has 0 amide bonds. The quantitative estimate of drug-likeness (QED) is 0.378. The van der Waals surface area contributed by atoms with Crippen LogP contribution in [0.3, 0.4) is 0 Å². The number of ether oxygens (including phenoxy) is 4. The molecule has 34 heavy (non-hydrogen) atoms. The van der Waals surface area contributed by atoms with Gasteiger partial charge in [0.05, 0.1) is 19.3 Å². The van der Waals surface area contributed by atoms with E-state index in [2.05, 4.69) is 5.32 Å². The van der Waals surface area contributed by atoms with Crippen LogP contribution in [0.5, 0.6) is 11.5 Å². The Labute approximate surface area is 198 Å². The summed E-state index contributed by atoms with van der Waals surface area (Å²) in [5, 5.41) is 13.7. The van der Waals surface area contributed by atoms with Gasteiger partial charge in [-0.3, -0.25) is 0 Å². The van der Waals surface area contributed by atoms with E-state index in [1.165, 1.54) is 12.1 Å². The van der Waals surface area contributed by atoms with Crippen LogP contribution in [-0.2, 0) is 25.5 Å². The normalized spacial score (nSPS) is 15.4. The first-order chi connectivity index (χ1) is 16.3. The van der Waals surface area contributed by atoms with Crippen LogP contribution in [-0.4, -0.2) is 48.6 Å². The van der Waals surface area contributed by atoms with Crippen molar-refractivity contribution >= 4 is 11.9 Å². The van der Waals surface area contributed by atoms with E-state index in [0.29, 0.717) is 12.0 Å². The summed E-state index contributed by atoms with van der Waals surface area (Å²) in [5.41, 5.74) is 1.37. The molecule has 0 saturated heterocycles. The number of esters is 2. The standard InChI is InChI=1S/C25H30FNO7/c1-4-19(27-15-20(28)17-8-7-9-18(26)14-17)12-16-10-11-21-22(13-16)34-25(33-21,23(29)31-5-2)24(30)32-6-3/h7-11,13-14,19-20,27-28H,4-6,12,15H2,1-3H3. The average Bonchev–Trinajstić information content (AvgIpc) is 3.22. The number of aliphatic hydroxyl groups is 1. The van der Waals surface area contributed by atoms with Crippen molar-refractivity contribution in [2.75, 3.05) is 19.8 Å². The van der Waals surface area contributed by atoms with Gasteiger partial charge in [-0.05, 0) is 62.1 Å². The molecular weight excluding hydrogens is 445 g/mol. The smallest absolute Gasteiger partial charge is 0.453 e. The van der Waals surface area contributed by atoms with E-state index in [0.717, 1.165) is 12.0 Å². The van der Waals surface area contributed by atoms with E-state index in [1.54, 1.807) is 38.1 Å². The van der Waals surface area contributed by atoms with Crippen molar-refractivity contribution in [3.63, 3.8) is 0 Å². The van der Waals surface area contributed by atoms with Crippen molar-refractivity contribution in [1.29, 1.82) is 0 Å². The molecule has 0 bridgehead atoms. The van der Waals surface area contributed by atoms with Crippen LogP contribution >= 0.6 is 0 Å². The topological polar surface area (TPSA) is 103 Å². The molecule has 0 saturated carbocycles. The highest BCUT2D eigenvalue weighted by molar-refractivity contribution is 6.03. The number of carbonyl (C=O) groups is 2. The number of benzene rings is 2. The van der Waals surface area contributed by atoms with Gasteiger partial charge in [0.1, 0.15) is 5.82 Å². The van der Waals surface area contributed by atoms with Crippen molar-refractivity contribution in [2.45, 2.75) is 51.5 Å². The SMILES string of the molecule is CCOC(=O)C1(C(=O)OCC)Oc2ccc(CC(CC)NCC(O)c3cccc(F)c3)cc2O1. The zero-order valence-corrected chi connectivity index (χ0v) is 19.5. The van der Waals surface area contributed by atoms with Gasteiger partial charge in [-0.1, -0.05) is 25.1 Å². The van der Waals surface area contributed by atoms with E-state index in [9.17, 15) is 19.1 Å². The molecule has 184 valence electrons. The third-order valence-corrected chi connectivity index (χ3v) is 5.41. The van der Waals surface area contributed by atoms with Gasteiger partial charge in [0, 0.05) is 12.6 Å². The molecule has 0 spiro atoms. The number of fused-ring (bicyclic) bond motifs is 1. The molecule has 0 radical (unpaired) electrons. The number of hydrogen-bond donors (Lipinski definition) is 2. The Morgan fingerprint density at radius 2 is 1.71 bits per heavy atom. The van der Waals surface area contributed by atoms with Gasteiger partial charge in [-0.15, -0.1) is 0 Å². The second-order valence-electron chi connectivity index (χ2n) is 7.83. The predicted octanol–water partition coefficient (Wildman–Crippen LogP) is 3.06. The molecule has 9 heteroatoms. The average molecular weight is 476 g/mol. The van der Waals surface area contributed by atoms with Crippen LogP contribution in [0.4, 0.5) is 4.39 Å². The second kappa shape index (κ2) is 11.3. The van der Waals surface area contributed by atoms with E-state index >= 15 is 0 Å². The molecule has 2 unspecified atom stereocenters. The summed E-state index contributed by atoms with van der Waals surface area (Å²) in [6.45, 7) is 5.56. The fourth-order valence-corrected chi connectivity index (χ4v) is 3.63. The summed E-state index contributed by atoms with van der Waals surface area (Å²) in [6, 6.07) is 11.0. The first kappa shape index (κ1) is 25.5. The number of halogens is 1. The molecular formula is C25H30FNO7. The molecule has 3 rings (SSSR count). The van der Waals surface area contributed by atoms with Crippen LogP contribution in [0.15, 0.2) is 42.5 Å². The Balaban J connectivity index is 1.69. The zero-order chi connectivity index (χ0) is 24.7. The van der Waals surface area contributed by atoms with Crippen molar-refractivity contribution in [2.24, 2.45) is 0 Å². The Morgan fingerprint density at radius 3 is 2.32 bits per heavy atom. The zero-order valence-electron chi connectivity index (χ0n) is 19.5. The summed E-state index contributed by atoms with van der Waals surface area (Å²) in [7, 11) is 0. The molecule has 8 nitrogen and oxygen atoms in total. The van der Waals surface area contributed by atoms with Gasteiger partial charge in [0.2, 0.25) is 0 Å². The largest absolute Gasteiger partial charge is 0.460 e. The van der Waals surface area contributed by atoms with Gasteiger partial charge in [-0.25, -0.2) is 14.0 Å². The molecule has 0 aromatic heterocycles. The van der Waals surface area contributed by atoms with Crippen LogP contribution in [0.2, 0.25) is 0 Å². The van der Waals surface area contributed by atoms with Crippen LogP contribution in [0, 0.1) is 5.82 Å². The van der Waals surface area contributed by atoms with Crippen LogP contribution < -0.4 is 14.8 Å². The summed E-state index contributed by atoms with van der Waals surface area (Å²) >= 11 is 0. The number of carbonyl (C=O) groups excluding carboxylic acids is 2. The van der Waals surface area contributed by atoms with Gasteiger partial charge in [0.15, 0.2) is 11.5 Å². The van der Waals surface area contributed by atoms with E-state index < -0.39 is 29.6 Å². The minimum atomic E-state index is -2.33. The lowest BCUT2D eigenvalue weighted by Gasteiger charge is -2.22. The maximum atomic E-state index is 13.4. The summed E-state index contributed by atoms with van der Waals surface area (Å²) in [4.78, 5) is 25.0. The first-order valence-corrected chi connectivity index (χ1v) is 11.3. The van der Waals surface area contributed by atoms with Crippen molar-refractivity contribution in [1.82, 2.24) is 5.32 Å². The van der Waals surface area contributed by atoms with Crippen LogP contribution in [0.25, 0.3) is 0 Å². The minimum Gasteiger partial charge on any atom is -0.460 e. The Morgan fingerprint density at radius 1 is 1.03 bits per heavy atom. The fraction of sp³-hybridized carbons (Fsp3) is 0.440. The highest BCUT2D eigenvalue weighted by atomic mass is 19.1. The first-order valence-electron chi connectivity index (χ1n) is 11.3. The molecule has 2 N–H and O–H groups in total. The summed E-state index contributed by atoms with van der Waals surface area (Å²) in [5.74, 6) is -4.23. The molecule has 0 aliphatic carbocycles. The third-order valence-electron chi connectivity index (χ3n) is 5.41. The molecule has 1 heterocycles. The number of aliphatic hydroxyl groups excluding tert-OH is 1. The summed E-state index contributed by atoms with van der Waals surface area (Å²) in [6.07, 6.45) is 0.491. The third kappa shape index (κ3) is 5.66. The lowest BCUT2D eigenvalue weighted by molar-refractivity contribution is -0.202. The van der Waals surface area contributed by atoms with Crippen LogP contribution in [0.1, 0.15) is 44.4 Å². The monoisotopic (exact) mass is 475 g/mol. The second-order valence-corrected chi connectivity index (χ2v) is 7.83. The Bertz CT molecular complexity index is 995. The van der Waals surface area contributed by atoms with Crippen molar-refractivity contribution in [3.8, 4) is 11.5 Å². The maximum Gasteiger partial charge on any atom is 0.453 e. The highest BCUT2D eigenvalue weighted by Crippen LogP contribution is 2.41. The molecule has 0 fully saturated rings. The van der Waals surface area contributed by atoms with Crippen molar-refractivity contribution < 1.29 is 38.0 Å². The van der Waals surface area contributed by atoms with E-state index in [4.69, 9.17) is 18.9 Å². The molecule has 1 aliphatic heterocycles. The fourth-order valence-electron chi connectivity index (χ4n) is 3.63. The van der Waals surface area contributed by atoms with Gasteiger partial charge < -0.3 is 29.4 Å².